The van der Waals surface area contributed by atoms with Crippen molar-refractivity contribution in [1.82, 2.24) is 16.0 Å². The summed E-state index contributed by atoms with van der Waals surface area (Å²) in [5.74, 6) is -0.690. The molecule has 0 fully saturated rings. The Morgan fingerprint density at radius 1 is 0.884 bits per heavy atom. The van der Waals surface area contributed by atoms with Crippen LogP contribution in [0.15, 0.2) is 54.6 Å². The highest BCUT2D eigenvalue weighted by molar-refractivity contribution is 5.89. The van der Waals surface area contributed by atoms with Gasteiger partial charge in [0.2, 0.25) is 11.8 Å². The average molecular weight is 600 g/mol. The zero-order valence-electron chi connectivity index (χ0n) is 26.0. The molecule has 2 rings (SSSR count). The van der Waals surface area contributed by atoms with Crippen LogP contribution in [0, 0.1) is 0 Å². The third-order valence-electron chi connectivity index (χ3n) is 7.06. The minimum Gasteiger partial charge on any atom is -0.497 e. The van der Waals surface area contributed by atoms with E-state index < -0.39 is 36.0 Å². The molecule has 0 bridgehead atoms. The van der Waals surface area contributed by atoms with Crippen molar-refractivity contribution < 1.29 is 33.7 Å². The second-order valence-corrected chi connectivity index (χ2v) is 10.6. The Kier molecular flexibility index (Phi) is 17.0. The quantitative estimate of drug-likeness (QED) is 0.161. The normalized spacial score (nSPS) is 13.2. The van der Waals surface area contributed by atoms with Crippen LogP contribution >= 0.6 is 0 Å². The molecule has 0 aliphatic carbocycles. The van der Waals surface area contributed by atoms with E-state index in [2.05, 4.69) is 34.5 Å². The van der Waals surface area contributed by atoms with E-state index in [-0.39, 0.29) is 32.1 Å². The number of aliphatic hydroxyl groups excluding tert-OH is 1. The van der Waals surface area contributed by atoms with Gasteiger partial charge in [0.15, 0.2) is 0 Å². The van der Waals surface area contributed by atoms with Crippen LogP contribution in [0.2, 0.25) is 0 Å². The standard InChI is InChI=1S/C33H49N3O7/c1-5-11-26(12-6-2)43-23-29(35-31(38)17-18-32(39)42-4)33(40)36-28(20-24-13-8-7-9-14-24)30(37)22-34-21-25-15-10-16-27(19-25)41-3/h7-10,13-16,19,26,28-30,34,37H,5-6,11-12,17-18,20-23H2,1-4H3,(H,35,38)(H,36,40)/t28-,29?,30+/m0/s1. The molecule has 4 N–H and O–H groups in total. The number of esters is 1. The van der Waals surface area contributed by atoms with Gasteiger partial charge in [-0.2, -0.15) is 0 Å². The molecule has 10 heteroatoms. The molecule has 3 atom stereocenters. The molecule has 43 heavy (non-hydrogen) atoms. The maximum Gasteiger partial charge on any atom is 0.306 e. The average Bonchev–Trinajstić information content (AvgIpc) is 3.02. The summed E-state index contributed by atoms with van der Waals surface area (Å²) in [5, 5.41) is 20.2. The number of aliphatic hydroxyl groups is 1. The van der Waals surface area contributed by atoms with Crippen LogP contribution in [0.1, 0.15) is 63.5 Å². The second-order valence-electron chi connectivity index (χ2n) is 10.6. The molecule has 1 unspecified atom stereocenters. The van der Waals surface area contributed by atoms with Gasteiger partial charge in [-0.25, -0.2) is 0 Å². The lowest BCUT2D eigenvalue weighted by atomic mass is 10.0. The molecule has 0 saturated heterocycles. The molecule has 0 heterocycles. The summed E-state index contributed by atoms with van der Waals surface area (Å²) >= 11 is 0. The first-order chi connectivity index (χ1) is 20.8. The molecule has 0 spiro atoms. The van der Waals surface area contributed by atoms with Gasteiger partial charge < -0.3 is 35.3 Å². The van der Waals surface area contributed by atoms with Crippen molar-refractivity contribution in [2.45, 2.75) is 89.6 Å². The largest absolute Gasteiger partial charge is 0.497 e. The summed E-state index contributed by atoms with van der Waals surface area (Å²) in [6, 6.07) is 15.6. The van der Waals surface area contributed by atoms with Crippen LogP contribution in [0.25, 0.3) is 0 Å². The molecule has 0 radical (unpaired) electrons. The minimum atomic E-state index is -1.00. The minimum absolute atomic E-state index is 0.0251. The van der Waals surface area contributed by atoms with Gasteiger partial charge in [-0.1, -0.05) is 69.2 Å². The van der Waals surface area contributed by atoms with Crippen molar-refractivity contribution in [2.75, 3.05) is 27.4 Å². The van der Waals surface area contributed by atoms with E-state index in [0.29, 0.717) is 13.0 Å². The fourth-order valence-corrected chi connectivity index (χ4v) is 4.68. The van der Waals surface area contributed by atoms with Gasteiger partial charge in [0.1, 0.15) is 11.8 Å². The Labute approximate surface area is 255 Å². The van der Waals surface area contributed by atoms with E-state index in [1.165, 1.54) is 7.11 Å². The molecular formula is C33H49N3O7. The van der Waals surface area contributed by atoms with Crippen LogP contribution in [-0.4, -0.2) is 74.6 Å². The van der Waals surface area contributed by atoms with Crippen molar-refractivity contribution in [3.05, 3.63) is 65.7 Å². The predicted octanol–water partition coefficient (Wildman–Crippen LogP) is 3.30. The number of nitrogens with one attached hydrogen (secondary N) is 3. The molecule has 0 aliphatic rings. The van der Waals surface area contributed by atoms with Crippen molar-refractivity contribution in [3.8, 4) is 5.75 Å². The number of ether oxygens (including phenoxy) is 3. The van der Waals surface area contributed by atoms with Gasteiger partial charge in [0, 0.05) is 19.5 Å². The summed E-state index contributed by atoms with van der Waals surface area (Å²) in [5.41, 5.74) is 1.94. The van der Waals surface area contributed by atoms with Gasteiger partial charge in [0.25, 0.3) is 0 Å². The lowest BCUT2D eigenvalue weighted by Gasteiger charge is -2.28. The fourth-order valence-electron chi connectivity index (χ4n) is 4.68. The van der Waals surface area contributed by atoms with Crippen LogP contribution in [0.5, 0.6) is 5.75 Å². The van der Waals surface area contributed by atoms with Crippen molar-refractivity contribution in [3.63, 3.8) is 0 Å². The van der Waals surface area contributed by atoms with Crippen molar-refractivity contribution >= 4 is 17.8 Å². The van der Waals surface area contributed by atoms with E-state index in [0.717, 1.165) is 42.6 Å². The molecule has 2 amide bonds. The summed E-state index contributed by atoms with van der Waals surface area (Å²) in [7, 11) is 2.87. The zero-order valence-corrected chi connectivity index (χ0v) is 26.0. The zero-order chi connectivity index (χ0) is 31.5. The number of benzene rings is 2. The lowest BCUT2D eigenvalue weighted by Crippen LogP contribution is -2.56. The van der Waals surface area contributed by atoms with E-state index >= 15 is 0 Å². The Morgan fingerprint density at radius 3 is 2.23 bits per heavy atom. The molecule has 0 saturated carbocycles. The smallest absolute Gasteiger partial charge is 0.306 e. The van der Waals surface area contributed by atoms with Crippen molar-refractivity contribution in [2.24, 2.45) is 0 Å². The van der Waals surface area contributed by atoms with E-state index in [1.807, 2.05) is 54.6 Å². The van der Waals surface area contributed by atoms with Crippen molar-refractivity contribution in [1.29, 1.82) is 0 Å². The first-order valence-corrected chi connectivity index (χ1v) is 15.1. The number of carbonyl (C=O) groups is 3. The maximum absolute atomic E-state index is 13.6. The van der Waals surface area contributed by atoms with E-state index in [1.54, 1.807) is 7.11 Å². The molecule has 238 valence electrons. The third kappa shape index (κ3) is 14.0. The summed E-state index contributed by atoms with van der Waals surface area (Å²) < 4.78 is 16.0. The summed E-state index contributed by atoms with van der Waals surface area (Å²) in [6.45, 7) is 4.84. The fraction of sp³-hybridized carbons (Fsp3) is 0.545. The highest BCUT2D eigenvalue weighted by Crippen LogP contribution is 2.13. The molecule has 0 aliphatic heterocycles. The SMILES string of the molecule is CCCC(CCC)OCC(NC(=O)CCC(=O)OC)C(=O)N[C@@H](Cc1ccccc1)[C@H](O)CNCc1cccc(OC)c1. The van der Waals surface area contributed by atoms with Crippen LogP contribution in [-0.2, 0) is 36.8 Å². The van der Waals surface area contributed by atoms with Crippen LogP contribution < -0.4 is 20.7 Å². The van der Waals surface area contributed by atoms with Crippen LogP contribution in [0.4, 0.5) is 0 Å². The Hall–Kier alpha value is -3.47. The molecule has 2 aromatic carbocycles. The number of rotatable bonds is 21. The van der Waals surface area contributed by atoms with Gasteiger partial charge in [0.05, 0.1) is 45.5 Å². The molecular weight excluding hydrogens is 550 g/mol. The first-order valence-electron chi connectivity index (χ1n) is 15.1. The molecule has 10 nitrogen and oxygen atoms in total. The number of carbonyl (C=O) groups excluding carboxylic acids is 3. The number of hydrogen-bond acceptors (Lipinski definition) is 8. The number of hydrogen-bond donors (Lipinski definition) is 4. The van der Waals surface area contributed by atoms with Gasteiger partial charge in [-0.15, -0.1) is 0 Å². The summed E-state index contributed by atoms with van der Waals surface area (Å²) in [4.78, 5) is 37.9. The number of amides is 2. The van der Waals surface area contributed by atoms with Crippen LogP contribution in [0.3, 0.4) is 0 Å². The Morgan fingerprint density at radius 2 is 1.58 bits per heavy atom. The Bertz CT molecular complexity index is 1090. The first kappa shape index (κ1) is 35.7. The third-order valence-corrected chi connectivity index (χ3v) is 7.06. The predicted molar refractivity (Wildman–Crippen MR) is 166 cm³/mol. The Balaban J connectivity index is 2.15. The second kappa shape index (κ2) is 20.4. The van der Waals surface area contributed by atoms with E-state index in [9.17, 15) is 19.5 Å². The topological polar surface area (TPSA) is 135 Å². The monoisotopic (exact) mass is 599 g/mol. The number of methoxy groups -OCH3 is 2. The highest BCUT2D eigenvalue weighted by atomic mass is 16.5. The van der Waals surface area contributed by atoms with Gasteiger partial charge in [-0.05, 0) is 42.5 Å². The maximum atomic E-state index is 13.6. The molecule has 2 aromatic rings. The summed E-state index contributed by atoms with van der Waals surface area (Å²) in [6.07, 6.45) is 2.74. The highest BCUT2D eigenvalue weighted by Gasteiger charge is 2.28. The van der Waals surface area contributed by atoms with Gasteiger partial charge in [-0.3, -0.25) is 14.4 Å². The van der Waals surface area contributed by atoms with E-state index in [4.69, 9.17) is 9.47 Å². The lowest BCUT2D eigenvalue weighted by molar-refractivity contribution is -0.142. The van der Waals surface area contributed by atoms with Gasteiger partial charge >= 0.3 is 5.97 Å². The molecule has 0 aromatic heterocycles.